The second-order valence-electron chi connectivity index (χ2n) is 4.49. The molecule has 1 aromatic rings. The van der Waals surface area contributed by atoms with E-state index >= 15 is 0 Å². The summed E-state index contributed by atoms with van der Waals surface area (Å²) in [6.45, 7) is 3.74. The molecule has 0 spiro atoms. The molecule has 0 saturated heterocycles. The number of carboxylic acids is 1. The maximum Gasteiger partial charge on any atom is 0.311 e. The molecule has 5 heteroatoms. The van der Waals surface area contributed by atoms with Crippen molar-refractivity contribution in [3.63, 3.8) is 0 Å². The summed E-state index contributed by atoms with van der Waals surface area (Å²) in [5.74, 6) is -3.36. The zero-order valence-corrected chi connectivity index (χ0v) is 11.0. The van der Waals surface area contributed by atoms with Crippen LogP contribution in [0.5, 0.6) is 0 Å². The van der Waals surface area contributed by atoms with E-state index in [0.717, 1.165) is 6.42 Å². The van der Waals surface area contributed by atoms with Gasteiger partial charge in [0.25, 0.3) is 0 Å². The van der Waals surface area contributed by atoms with Crippen LogP contribution in [0.15, 0.2) is 24.3 Å². The molecule has 104 valence electrons. The third-order valence-corrected chi connectivity index (χ3v) is 2.99. The van der Waals surface area contributed by atoms with Crippen LogP contribution in [-0.2, 0) is 9.59 Å². The molecule has 1 rings (SSSR count). The Bertz CT molecular complexity index is 462. The molecule has 2 unspecified atom stereocenters. The fraction of sp³-hybridized carbons (Fsp3) is 0.429. The lowest BCUT2D eigenvalue weighted by Gasteiger charge is -2.16. The van der Waals surface area contributed by atoms with Crippen LogP contribution in [0.2, 0.25) is 0 Å². The molecular weight excluding hydrogens is 249 g/mol. The van der Waals surface area contributed by atoms with Crippen LogP contribution < -0.4 is 5.32 Å². The van der Waals surface area contributed by atoms with Gasteiger partial charge in [0.1, 0.15) is 5.82 Å². The number of carbonyl (C=O) groups excluding carboxylic acids is 1. The summed E-state index contributed by atoms with van der Waals surface area (Å²) in [6.07, 6.45) is 0.490. The Labute approximate surface area is 111 Å². The number of halogens is 1. The Morgan fingerprint density at radius 1 is 1.37 bits per heavy atom. The lowest BCUT2D eigenvalue weighted by molar-refractivity contribution is -0.141. The molecule has 1 aromatic carbocycles. The van der Waals surface area contributed by atoms with Gasteiger partial charge in [-0.25, -0.2) is 4.39 Å². The molecule has 4 nitrogen and oxygen atoms in total. The van der Waals surface area contributed by atoms with Gasteiger partial charge in [-0.1, -0.05) is 25.1 Å². The number of benzene rings is 1. The van der Waals surface area contributed by atoms with Gasteiger partial charge in [-0.15, -0.1) is 0 Å². The molecule has 0 fully saturated rings. The van der Waals surface area contributed by atoms with E-state index in [0.29, 0.717) is 0 Å². The number of amides is 1. The largest absolute Gasteiger partial charge is 0.481 e. The highest BCUT2D eigenvalue weighted by Crippen LogP contribution is 2.22. The SMILES string of the molecule is CCC(C)NC(=O)CC(C(=O)O)c1ccccc1F. The minimum absolute atomic E-state index is 0.0254. The van der Waals surface area contributed by atoms with Crippen LogP contribution >= 0.6 is 0 Å². The van der Waals surface area contributed by atoms with E-state index in [9.17, 15) is 14.0 Å². The fourth-order valence-electron chi connectivity index (χ4n) is 1.71. The van der Waals surface area contributed by atoms with Crippen LogP contribution in [0, 0.1) is 5.82 Å². The highest BCUT2D eigenvalue weighted by atomic mass is 19.1. The summed E-state index contributed by atoms with van der Waals surface area (Å²) >= 11 is 0. The first kappa shape index (κ1) is 15.1. The molecule has 0 aliphatic carbocycles. The summed E-state index contributed by atoms with van der Waals surface area (Å²) in [4.78, 5) is 22.9. The molecule has 0 aliphatic heterocycles. The number of carbonyl (C=O) groups is 2. The Morgan fingerprint density at radius 2 is 2.00 bits per heavy atom. The van der Waals surface area contributed by atoms with Crippen molar-refractivity contribution in [1.82, 2.24) is 5.32 Å². The molecular formula is C14H18FNO3. The molecule has 19 heavy (non-hydrogen) atoms. The first-order valence-corrected chi connectivity index (χ1v) is 6.22. The van der Waals surface area contributed by atoms with Crippen molar-refractivity contribution < 1.29 is 19.1 Å². The van der Waals surface area contributed by atoms with E-state index in [2.05, 4.69) is 5.32 Å². The number of hydrogen-bond acceptors (Lipinski definition) is 2. The van der Waals surface area contributed by atoms with E-state index in [1.165, 1.54) is 18.2 Å². The van der Waals surface area contributed by atoms with Crippen LogP contribution in [0.1, 0.15) is 38.2 Å². The number of carboxylic acid groups (broad SMARTS) is 1. The van der Waals surface area contributed by atoms with E-state index in [1.54, 1.807) is 6.07 Å². The summed E-state index contributed by atoms with van der Waals surface area (Å²) in [5, 5.41) is 11.8. The summed E-state index contributed by atoms with van der Waals surface area (Å²) in [5.41, 5.74) is 0.0364. The van der Waals surface area contributed by atoms with E-state index in [4.69, 9.17) is 5.11 Å². The topological polar surface area (TPSA) is 66.4 Å². The predicted octanol–water partition coefficient (Wildman–Crippen LogP) is 2.30. The van der Waals surface area contributed by atoms with Gasteiger partial charge in [-0.3, -0.25) is 9.59 Å². The monoisotopic (exact) mass is 267 g/mol. The lowest BCUT2D eigenvalue weighted by Crippen LogP contribution is -2.34. The van der Waals surface area contributed by atoms with E-state index in [-0.39, 0.29) is 23.9 Å². The average molecular weight is 267 g/mol. The molecule has 0 aliphatic rings. The smallest absolute Gasteiger partial charge is 0.311 e. The molecule has 0 heterocycles. The second-order valence-corrected chi connectivity index (χ2v) is 4.49. The fourth-order valence-corrected chi connectivity index (χ4v) is 1.71. The van der Waals surface area contributed by atoms with Crippen LogP contribution in [0.4, 0.5) is 4.39 Å². The van der Waals surface area contributed by atoms with Crippen molar-refractivity contribution in [3.05, 3.63) is 35.6 Å². The van der Waals surface area contributed by atoms with Crippen molar-refractivity contribution in [2.45, 2.75) is 38.6 Å². The first-order chi connectivity index (χ1) is 8.95. The van der Waals surface area contributed by atoms with Crippen molar-refractivity contribution in [1.29, 1.82) is 0 Å². The molecule has 0 bridgehead atoms. The third kappa shape index (κ3) is 4.35. The Hall–Kier alpha value is -1.91. The third-order valence-electron chi connectivity index (χ3n) is 2.99. The van der Waals surface area contributed by atoms with Crippen LogP contribution in [0.3, 0.4) is 0 Å². The maximum absolute atomic E-state index is 13.6. The van der Waals surface area contributed by atoms with Crippen molar-refractivity contribution >= 4 is 11.9 Å². The molecule has 0 saturated carbocycles. The Morgan fingerprint density at radius 3 is 2.53 bits per heavy atom. The van der Waals surface area contributed by atoms with Gasteiger partial charge in [-0.05, 0) is 19.4 Å². The molecule has 0 radical (unpaired) electrons. The number of hydrogen-bond donors (Lipinski definition) is 2. The summed E-state index contributed by atoms with van der Waals surface area (Å²) in [6, 6.07) is 5.60. The van der Waals surface area contributed by atoms with Gasteiger partial charge in [0.05, 0.1) is 5.92 Å². The van der Waals surface area contributed by atoms with Gasteiger partial charge < -0.3 is 10.4 Å². The van der Waals surface area contributed by atoms with Gasteiger partial charge in [-0.2, -0.15) is 0 Å². The zero-order valence-electron chi connectivity index (χ0n) is 11.0. The Kier molecular flexibility index (Phi) is 5.48. The highest BCUT2D eigenvalue weighted by Gasteiger charge is 2.26. The highest BCUT2D eigenvalue weighted by molar-refractivity contribution is 5.85. The second kappa shape index (κ2) is 6.87. The van der Waals surface area contributed by atoms with Crippen molar-refractivity contribution in [2.75, 3.05) is 0 Å². The Balaban J connectivity index is 2.83. The minimum atomic E-state index is -1.20. The number of aliphatic carboxylic acids is 1. The summed E-state index contributed by atoms with van der Waals surface area (Å²) in [7, 11) is 0. The number of rotatable bonds is 6. The lowest BCUT2D eigenvalue weighted by atomic mass is 9.95. The standard InChI is InChI=1S/C14H18FNO3/c1-3-9(2)16-13(17)8-11(14(18)19)10-6-4-5-7-12(10)15/h4-7,9,11H,3,8H2,1-2H3,(H,16,17)(H,18,19). The minimum Gasteiger partial charge on any atom is -0.481 e. The maximum atomic E-state index is 13.6. The van der Waals surface area contributed by atoms with Crippen molar-refractivity contribution in [3.8, 4) is 0 Å². The quantitative estimate of drug-likeness (QED) is 0.831. The summed E-state index contributed by atoms with van der Waals surface area (Å²) < 4.78 is 13.6. The van der Waals surface area contributed by atoms with Gasteiger partial charge >= 0.3 is 5.97 Å². The van der Waals surface area contributed by atoms with Gasteiger partial charge in [0, 0.05) is 18.0 Å². The van der Waals surface area contributed by atoms with Gasteiger partial charge in [0.2, 0.25) is 5.91 Å². The van der Waals surface area contributed by atoms with Crippen LogP contribution in [-0.4, -0.2) is 23.0 Å². The predicted molar refractivity (Wildman–Crippen MR) is 69.3 cm³/mol. The number of nitrogens with one attached hydrogen (secondary N) is 1. The first-order valence-electron chi connectivity index (χ1n) is 6.22. The normalized spacial score (nSPS) is 13.6. The zero-order chi connectivity index (χ0) is 14.4. The molecule has 0 aromatic heterocycles. The van der Waals surface area contributed by atoms with Gasteiger partial charge in [0.15, 0.2) is 0 Å². The average Bonchev–Trinajstić information content (AvgIpc) is 2.36. The molecule has 1 amide bonds. The van der Waals surface area contributed by atoms with Crippen molar-refractivity contribution in [2.24, 2.45) is 0 Å². The van der Waals surface area contributed by atoms with E-state index < -0.39 is 17.7 Å². The molecule has 2 N–H and O–H groups in total. The van der Waals surface area contributed by atoms with Crippen LogP contribution in [0.25, 0.3) is 0 Å². The molecule has 2 atom stereocenters. The van der Waals surface area contributed by atoms with E-state index in [1.807, 2.05) is 13.8 Å².